The Bertz CT molecular complexity index is 1110. The molecule has 30 heavy (non-hydrogen) atoms. The van der Waals surface area contributed by atoms with Crippen molar-refractivity contribution in [3.05, 3.63) is 62.4 Å². The lowest BCUT2D eigenvalue weighted by atomic mass is 10.2. The Morgan fingerprint density at radius 1 is 0.967 bits per heavy atom. The summed E-state index contributed by atoms with van der Waals surface area (Å²) in [6.07, 6.45) is 1.21. The lowest BCUT2D eigenvalue weighted by Crippen LogP contribution is -2.06. The summed E-state index contributed by atoms with van der Waals surface area (Å²) in [6.45, 7) is 1.82. The fraction of sp³-hybridized carbons (Fsp3) is 0.158. The van der Waals surface area contributed by atoms with E-state index >= 15 is 0 Å². The molecule has 0 aliphatic heterocycles. The number of nitrogens with zero attached hydrogens (tertiary/aromatic N) is 3. The van der Waals surface area contributed by atoms with Crippen molar-refractivity contribution in [3.8, 4) is 11.5 Å². The molecule has 0 unspecified atom stereocenters. The first-order chi connectivity index (χ1) is 14.3. The molecule has 156 valence electrons. The number of aromatic nitrogens is 2. The fourth-order valence-corrected chi connectivity index (χ4v) is 3.18. The Morgan fingerprint density at radius 3 is 2.17 bits per heavy atom. The smallest absolute Gasteiger partial charge is 0.353 e. The summed E-state index contributed by atoms with van der Waals surface area (Å²) < 4.78 is 10.5. The number of methoxy groups -OCH3 is 2. The van der Waals surface area contributed by atoms with Crippen molar-refractivity contribution in [2.45, 2.75) is 6.92 Å². The average molecular weight is 450 g/mol. The number of hydrogen-bond acceptors (Lipinski definition) is 8. The molecule has 11 heteroatoms. The molecule has 9 nitrogen and oxygen atoms in total. The highest BCUT2D eigenvalue weighted by atomic mass is 35.5. The molecule has 0 bridgehead atoms. The first-order valence-corrected chi connectivity index (χ1v) is 9.30. The van der Waals surface area contributed by atoms with Gasteiger partial charge in [0.25, 0.3) is 0 Å². The summed E-state index contributed by atoms with van der Waals surface area (Å²) in [5.74, 6) is 0.745. The fourth-order valence-electron chi connectivity index (χ4n) is 2.71. The van der Waals surface area contributed by atoms with Crippen LogP contribution in [0.4, 0.5) is 28.7 Å². The van der Waals surface area contributed by atoms with E-state index < -0.39 is 4.92 Å². The Hall–Kier alpha value is -3.30. The van der Waals surface area contributed by atoms with Crippen molar-refractivity contribution in [1.29, 1.82) is 0 Å². The number of ether oxygens (including phenoxy) is 2. The highest BCUT2D eigenvalue weighted by molar-refractivity contribution is 6.32. The zero-order chi connectivity index (χ0) is 21.8. The predicted molar refractivity (Wildman–Crippen MR) is 116 cm³/mol. The van der Waals surface area contributed by atoms with Crippen LogP contribution in [0.1, 0.15) is 5.56 Å². The molecule has 3 rings (SSSR count). The van der Waals surface area contributed by atoms with Gasteiger partial charge in [0.05, 0.1) is 29.9 Å². The minimum absolute atomic E-state index is 0.0153. The minimum Gasteiger partial charge on any atom is -0.495 e. The van der Waals surface area contributed by atoms with E-state index in [9.17, 15) is 10.1 Å². The van der Waals surface area contributed by atoms with Crippen LogP contribution in [0.25, 0.3) is 0 Å². The standard InChI is InChI=1S/C19H17Cl2N5O4/c1-10-6-11(20)4-5-13(10)24-18-17(26(27)28)19(23-9-22-18)25-14-7-12(21)15(29-2)8-16(14)30-3/h4-9H,1-3H3,(H2,22,23,24,25). The highest BCUT2D eigenvalue weighted by Crippen LogP contribution is 2.40. The number of rotatable bonds is 7. The Kier molecular flexibility index (Phi) is 6.43. The Labute approximate surface area is 182 Å². The summed E-state index contributed by atoms with van der Waals surface area (Å²) in [7, 11) is 2.93. The van der Waals surface area contributed by atoms with E-state index in [4.69, 9.17) is 32.7 Å². The molecule has 1 heterocycles. The van der Waals surface area contributed by atoms with Gasteiger partial charge in [-0.1, -0.05) is 23.2 Å². The zero-order valence-electron chi connectivity index (χ0n) is 16.2. The molecule has 0 amide bonds. The lowest BCUT2D eigenvalue weighted by molar-refractivity contribution is -0.383. The van der Waals surface area contributed by atoms with E-state index in [1.165, 1.54) is 26.6 Å². The highest BCUT2D eigenvalue weighted by Gasteiger charge is 2.25. The van der Waals surface area contributed by atoms with Gasteiger partial charge < -0.3 is 20.1 Å². The number of anilines is 4. The van der Waals surface area contributed by atoms with Gasteiger partial charge in [0.15, 0.2) is 0 Å². The van der Waals surface area contributed by atoms with Crippen LogP contribution in [-0.4, -0.2) is 29.1 Å². The largest absolute Gasteiger partial charge is 0.495 e. The van der Waals surface area contributed by atoms with Crippen LogP contribution in [-0.2, 0) is 0 Å². The second kappa shape index (κ2) is 9.02. The number of benzene rings is 2. The van der Waals surface area contributed by atoms with Crippen LogP contribution in [0.5, 0.6) is 11.5 Å². The van der Waals surface area contributed by atoms with E-state index in [1.54, 1.807) is 24.3 Å². The quantitative estimate of drug-likeness (QED) is 0.358. The van der Waals surface area contributed by atoms with E-state index in [0.717, 1.165) is 5.56 Å². The maximum Gasteiger partial charge on any atom is 0.353 e. The molecular formula is C19H17Cl2N5O4. The van der Waals surface area contributed by atoms with Gasteiger partial charge in [-0.25, -0.2) is 9.97 Å². The summed E-state index contributed by atoms with van der Waals surface area (Å²) in [6, 6.07) is 8.21. The van der Waals surface area contributed by atoms with Crippen molar-refractivity contribution in [1.82, 2.24) is 9.97 Å². The number of nitrogens with one attached hydrogen (secondary N) is 2. The number of hydrogen-bond donors (Lipinski definition) is 2. The van der Waals surface area contributed by atoms with E-state index in [1.807, 2.05) is 6.92 Å². The second-order valence-electron chi connectivity index (χ2n) is 6.07. The zero-order valence-corrected chi connectivity index (χ0v) is 17.7. The van der Waals surface area contributed by atoms with Crippen molar-refractivity contribution in [2.75, 3.05) is 24.9 Å². The second-order valence-corrected chi connectivity index (χ2v) is 6.92. The molecule has 0 aliphatic rings. The molecule has 1 aromatic heterocycles. The van der Waals surface area contributed by atoms with Gasteiger partial charge in [-0.2, -0.15) is 0 Å². The number of nitro groups is 1. The van der Waals surface area contributed by atoms with Crippen LogP contribution < -0.4 is 20.1 Å². The summed E-state index contributed by atoms with van der Waals surface area (Å²) in [5.41, 5.74) is 1.45. The Balaban J connectivity index is 2.03. The summed E-state index contributed by atoms with van der Waals surface area (Å²) >= 11 is 12.2. The first-order valence-electron chi connectivity index (χ1n) is 8.55. The van der Waals surface area contributed by atoms with Gasteiger partial charge in [-0.3, -0.25) is 10.1 Å². The number of aryl methyl sites for hydroxylation is 1. The van der Waals surface area contributed by atoms with Crippen LogP contribution in [0.3, 0.4) is 0 Å². The van der Waals surface area contributed by atoms with E-state index in [-0.39, 0.29) is 17.3 Å². The molecule has 0 saturated carbocycles. The van der Waals surface area contributed by atoms with Crippen molar-refractivity contribution < 1.29 is 14.4 Å². The van der Waals surface area contributed by atoms with Gasteiger partial charge in [0.1, 0.15) is 17.8 Å². The van der Waals surface area contributed by atoms with Crippen LogP contribution in [0, 0.1) is 17.0 Å². The molecule has 0 radical (unpaired) electrons. The average Bonchev–Trinajstić information content (AvgIpc) is 2.70. The number of halogens is 2. The maximum absolute atomic E-state index is 11.8. The Morgan fingerprint density at radius 2 is 1.60 bits per heavy atom. The van der Waals surface area contributed by atoms with Crippen molar-refractivity contribution >= 4 is 51.9 Å². The van der Waals surface area contributed by atoms with Crippen LogP contribution >= 0.6 is 23.2 Å². The maximum atomic E-state index is 11.8. The minimum atomic E-state index is -0.576. The predicted octanol–water partition coefficient (Wildman–Crippen LogP) is 5.50. The van der Waals surface area contributed by atoms with Gasteiger partial charge in [0.2, 0.25) is 11.6 Å². The monoisotopic (exact) mass is 449 g/mol. The molecular weight excluding hydrogens is 433 g/mol. The molecule has 0 aliphatic carbocycles. The van der Waals surface area contributed by atoms with Crippen LogP contribution in [0.2, 0.25) is 10.0 Å². The third kappa shape index (κ3) is 4.47. The molecule has 0 spiro atoms. The molecule has 0 fully saturated rings. The molecule has 2 aromatic carbocycles. The third-order valence-electron chi connectivity index (χ3n) is 4.17. The third-order valence-corrected chi connectivity index (χ3v) is 4.70. The van der Waals surface area contributed by atoms with Gasteiger partial charge in [0, 0.05) is 16.8 Å². The van der Waals surface area contributed by atoms with E-state index in [2.05, 4.69) is 20.6 Å². The first kappa shape index (κ1) is 21.4. The summed E-state index contributed by atoms with van der Waals surface area (Å²) in [4.78, 5) is 19.3. The summed E-state index contributed by atoms with van der Waals surface area (Å²) in [5, 5.41) is 18.5. The van der Waals surface area contributed by atoms with Gasteiger partial charge >= 0.3 is 5.69 Å². The van der Waals surface area contributed by atoms with Gasteiger partial charge in [-0.15, -0.1) is 0 Å². The van der Waals surface area contributed by atoms with Crippen molar-refractivity contribution in [2.24, 2.45) is 0 Å². The van der Waals surface area contributed by atoms with Crippen molar-refractivity contribution in [3.63, 3.8) is 0 Å². The topological polar surface area (TPSA) is 111 Å². The molecule has 0 atom stereocenters. The van der Waals surface area contributed by atoms with Crippen LogP contribution in [0.15, 0.2) is 36.7 Å². The normalized spacial score (nSPS) is 10.4. The SMILES string of the molecule is COc1cc(OC)c(Nc2ncnc(Nc3ccc(Cl)cc3C)c2[N+](=O)[O-])cc1Cl. The lowest BCUT2D eigenvalue weighted by Gasteiger charge is -2.15. The molecule has 3 aromatic rings. The molecule has 2 N–H and O–H groups in total. The van der Waals surface area contributed by atoms with E-state index in [0.29, 0.717) is 32.9 Å². The van der Waals surface area contributed by atoms with Gasteiger partial charge in [-0.05, 0) is 36.8 Å². The molecule has 0 saturated heterocycles.